The van der Waals surface area contributed by atoms with Crippen molar-refractivity contribution in [1.82, 2.24) is 25.1 Å². The van der Waals surface area contributed by atoms with Gasteiger partial charge in [-0.05, 0) is 32.0 Å². The van der Waals surface area contributed by atoms with Crippen molar-refractivity contribution in [3.05, 3.63) is 53.7 Å². The van der Waals surface area contributed by atoms with Gasteiger partial charge in [0.05, 0.1) is 16.6 Å². The van der Waals surface area contributed by atoms with Crippen LogP contribution in [0.25, 0.3) is 21.8 Å². The molecule has 2 N–H and O–H groups in total. The first-order chi connectivity index (χ1) is 16.3. The molecule has 9 nitrogen and oxygen atoms in total. The number of pyridine rings is 2. The molecular weight excluding hydrogens is 435 g/mol. The Labute approximate surface area is 195 Å². The lowest BCUT2D eigenvalue weighted by Gasteiger charge is -2.37. The van der Waals surface area contributed by atoms with Crippen LogP contribution in [0.5, 0.6) is 0 Å². The van der Waals surface area contributed by atoms with Crippen LogP contribution >= 0.6 is 0 Å². The zero-order valence-corrected chi connectivity index (χ0v) is 19.0. The topological polar surface area (TPSA) is 112 Å². The Bertz CT molecular complexity index is 1460. The lowest BCUT2D eigenvalue weighted by Crippen LogP contribution is -2.54. The quantitative estimate of drug-likeness (QED) is 0.485. The van der Waals surface area contributed by atoms with Gasteiger partial charge < -0.3 is 15.5 Å². The molecule has 0 saturated carbocycles. The molecule has 10 heteroatoms. The Kier molecular flexibility index (Phi) is 5.34. The fraction of sp³-hybridized carbons (Fsp3) is 0.292. The summed E-state index contributed by atoms with van der Waals surface area (Å²) in [5.41, 5.74) is 1.60. The van der Waals surface area contributed by atoms with Crippen molar-refractivity contribution in [1.29, 1.82) is 5.26 Å². The van der Waals surface area contributed by atoms with Gasteiger partial charge in [0.15, 0.2) is 5.82 Å². The maximum absolute atomic E-state index is 14.5. The highest BCUT2D eigenvalue weighted by atomic mass is 19.1. The summed E-state index contributed by atoms with van der Waals surface area (Å²) < 4.78 is 16.0. The summed E-state index contributed by atoms with van der Waals surface area (Å²) in [5, 5.41) is 20.9. The van der Waals surface area contributed by atoms with Crippen LogP contribution in [0.2, 0.25) is 0 Å². The number of anilines is 2. The summed E-state index contributed by atoms with van der Waals surface area (Å²) in [4.78, 5) is 24.4. The highest BCUT2D eigenvalue weighted by Gasteiger charge is 2.25. The minimum absolute atomic E-state index is 0.238. The molecular formula is C24H23FN8O. The number of fused-ring (bicyclic) bond motifs is 2. The third-order valence-corrected chi connectivity index (χ3v) is 5.86. The standard InChI is InChI=1S/C24H23FN8O/c1-13-10-33(11-14(2)29-13)23-18-4-15(7-26)8-27-22(18)19(9-28-23)24(34)30-17-5-16-12-32(3)31-21(16)20(25)6-17/h4-6,8-9,12-14,29H,10-11H2,1-3H3,(H,30,34). The Morgan fingerprint density at radius 2 is 1.94 bits per heavy atom. The first-order valence-corrected chi connectivity index (χ1v) is 11.0. The van der Waals surface area contributed by atoms with E-state index in [1.165, 1.54) is 23.1 Å². The average molecular weight is 459 g/mol. The van der Waals surface area contributed by atoms with Gasteiger partial charge in [0.2, 0.25) is 0 Å². The maximum Gasteiger partial charge on any atom is 0.259 e. The molecule has 0 radical (unpaired) electrons. The molecule has 0 bridgehead atoms. The number of amides is 1. The number of carbonyl (C=O) groups excluding carboxylic acids is 1. The van der Waals surface area contributed by atoms with Gasteiger partial charge in [0.1, 0.15) is 17.4 Å². The molecule has 0 spiro atoms. The van der Waals surface area contributed by atoms with Gasteiger partial charge in [-0.15, -0.1) is 0 Å². The van der Waals surface area contributed by atoms with E-state index in [2.05, 4.69) is 50.5 Å². The van der Waals surface area contributed by atoms with Gasteiger partial charge in [-0.3, -0.25) is 14.5 Å². The molecule has 1 saturated heterocycles. The molecule has 5 rings (SSSR count). The monoisotopic (exact) mass is 458 g/mol. The summed E-state index contributed by atoms with van der Waals surface area (Å²) in [6.07, 6.45) is 4.61. The van der Waals surface area contributed by atoms with Crippen LogP contribution in [0.15, 0.2) is 36.8 Å². The number of benzene rings is 1. The number of halogens is 1. The van der Waals surface area contributed by atoms with E-state index in [0.29, 0.717) is 33.4 Å². The van der Waals surface area contributed by atoms with Crippen LogP contribution in [-0.4, -0.2) is 50.8 Å². The third kappa shape index (κ3) is 3.91. The lowest BCUT2D eigenvalue weighted by atomic mass is 10.1. The molecule has 34 heavy (non-hydrogen) atoms. The highest BCUT2D eigenvalue weighted by molar-refractivity contribution is 6.13. The number of hydrogen-bond acceptors (Lipinski definition) is 7. The molecule has 1 aliphatic rings. The Hall–Kier alpha value is -4.10. The minimum Gasteiger partial charge on any atom is -0.353 e. The molecule has 3 aromatic heterocycles. The van der Waals surface area contributed by atoms with Crippen LogP contribution in [-0.2, 0) is 7.05 Å². The van der Waals surface area contributed by atoms with Crippen molar-refractivity contribution < 1.29 is 9.18 Å². The number of hydrogen-bond donors (Lipinski definition) is 2. The Balaban J connectivity index is 1.55. The first kappa shape index (κ1) is 21.7. The lowest BCUT2D eigenvalue weighted by molar-refractivity contribution is 0.102. The summed E-state index contributed by atoms with van der Waals surface area (Å²) in [7, 11) is 1.71. The zero-order chi connectivity index (χ0) is 24.0. The second-order valence-electron chi connectivity index (χ2n) is 8.75. The Morgan fingerprint density at radius 3 is 2.68 bits per heavy atom. The number of aryl methyl sites for hydroxylation is 1. The highest BCUT2D eigenvalue weighted by Crippen LogP contribution is 2.29. The molecule has 172 valence electrons. The molecule has 1 fully saturated rings. The number of piperazine rings is 1. The van der Waals surface area contributed by atoms with Crippen LogP contribution in [0, 0.1) is 17.1 Å². The summed E-state index contributed by atoms with van der Waals surface area (Å²) in [6, 6.07) is 7.24. The fourth-order valence-corrected chi connectivity index (χ4v) is 4.57. The summed E-state index contributed by atoms with van der Waals surface area (Å²) >= 11 is 0. The van der Waals surface area contributed by atoms with E-state index in [1.54, 1.807) is 25.4 Å². The van der Waals surface area contributed by atoms with E-state index < -0.39 is 11.7 Å². The average Bonchev–Trinajstić information content (AvgIpc) is 3.18. The molecule has 0 aliphatic carbocycles. The van der Waals surface area contributed by atoms with Crippen molar-refractivity contribution in [3.63, 3.8) is 0 Å². The second kappa shape index (κ2) is 8.35. The number of nitrogens with one attached hydrogen (secondary N) is 2. The van der Waals surface area contributed by atoms with Crippen LogP contribution < -0.4 is 15.5 Å². The summed E-state index contributed by atoms with van der Waals surface area (Å²) in [6.45, 7) is 5.67. The van der Waals surface area contributed by atoms with E-state index in [9.17, 15) is 14.4 Å². The molecule has 1 aromatic carbocycles. The largest absolute Gasteiger partial charge is 0.353 e. The maximum atomic E-state index is 14.5. The van der Waals surface area contributed by atoms with E-state index in [0.717, 1.165) is 13.1 Å². The van der Waals surface area contributed by atoms with Gasteiger partial charge in [-0.25, -0.2) is 9.37 Å². The van der Waals surface area contributed by atoms with E-state index >= 15 is 0 Å². The van der Waals surface area contributed by atoms with Crippen molar-refractivity contribution in [2.45, 2.75) is 25.9 Å². The number of nitriles is 1. The van der Waals surface area contributed by atoms with Crippen molar-refractivity contribution in [2.24, 2.45) is 7.05 Å². The number of nitrogens with zero attached hydrogens (tertiary/aromatic N) is 6. The number of carbonyl (C=O) groups is 1. The van der Waals surface area contributed by atoms with Gasteiger partial charge in [-0.1, -0.05) is 0 Å². The molecule has 2 atom stereocenters. The van der Waals surface area contributed by atoms with E-state index in [4.69, 9.17) is 0 Å². The van der Waals surface area contributed by atoms with Crippen molar-refractivity contribution in [2.75, 3.05) is 23.3 Å². The van der Waals surface area contributed by atoms with E-state index in [-0.39, 0.29) is 23.2 Å². The van der Waals surface area contributed by atoms with Crippen LogP contribution in [0.1, 0.15) is 29.8 Å². The van der Waals surface area contributed by atoms with Gasteiger partial charge in [-0.2, -0.15) is 10.4 Å². The first-order valence-electron chi connectivity index (χ1n) is 11.0. The number of rotatable bonds is 3. The van der Waals surface area contributed by atoms with E-state index in [1.807, 2.05) is 0 Å². The zero-order valence-electron chi connectivity index (χ0n) is 19.0. The predicted octanol–water partition coefficient (Wildman–Crippen LogP) is 2.97. The van der Waals surface area contributed by atoms with Crippen molar-refractivity contribution >= 4 is 39.2 Å². The molecule has 1 aliphatic heterocycles. The summed E-state index contributed by atoms with van der Waals surface area (Å²) in [5.74, 6) is -0.310. The third-order valence-electron chi connectivity index (χ3n) is 5.86. The normalized spacial score (nSPS) is 18.3. The predicted molar refractivity (Wildman–Crippen MR) is 127 cm³/mol. The van der Waals surface area contributed by atoms with Gasteiger partial charge in [0.25, 0.3) is 5.91 Å². The van der Waals surface area contributed by atoms with Crippen LogP contribution in [0.3, 0.4) is 0 Å². The van der Waals surface area contributed by atoms with Gasteiger partial charge in [0, 0.05) is 67.3 Å². The number of aromatic nitrogens is 4. The minimum atomic E-state index is -0.523. The SMILES string of the molecule is CC1CN(c2ncc(C(=O)Nc3cc(F)c4nn(C)cc4c3)c3ncc(C#N)cc23)CC(C)N1. The smallest absolute Gasteiger partial charge is 0.259 e. The Morgan fingerprint density at radius 1 is 1.18 bits per heavy atom. The fourth-order valence-electron chi connectivity index (χ4n) is 4.57. The molecule has 4 aromatic rings. The van der Waals surface area contributed by atoms with Gasteiger partial charge >= 0.3 is 0 Å². The molecule has 1 amide bonds. The van der Waals surface area contributed by atoms with Crippen molar-refractivity contribution in [3.8, 4) is 6.07 Å². The molecule has 2 unspecified atom stereocenters. The molecule has 4 heterocycles. The van der Waals surface area contributed by atoms with Crippen LogP contribution in [0.4, 0.5) is 15.9 Å². The second-order valence-corrected chi connectivity index (χ2v) is 8.75.